The minimum atomic E-state index is -0.304. The Morgan fingerprint density at radius 3 is 2.31 bits per heavy atom. The molecule has 2 aliphatic carbocycles. The largest absolute Gasteiger partial charge is 0.523 e. The molecule has 0 radical (unpaired) electrons. The van der Waals surface area contributed by atoms with Crippen LogP contribution in [0.3, 0.4) is 0 Å². The Kier molecular flexibility index (Phi) is 5.30. The summed E-state index contributed by atoms with van der Waals surface area (Å²) < 4.78 is 2.13. The van der Waals surface area contributed by atoms with E-state index in [1.807, 2.05) is 12.1 Å². The molecule has 2 aliphatic rings. The summed E-state index contributed by atoms with van der Waals surface area (Å²) in [5.41, 5.74) is 8.10. The molecule has 0 spiro atoms. The van der Waals surface area contributed by atoms with Gasteiger partial charge in [0, 0.05) is 22.5 Å². The fraction of sp³-hybridized carbons (Fsp3) is 0.250. The maximum Gasteiger partial charge on any atom is 0.203 e. The van der Waals surface area contributed by atoms with Crippen molar-refractivity contribution in [2.45, 2.75) is 38.5 Å². The van der Waals surface area contributed by atoms with Gasteiger partial charge < -0.3 is 5.11 Å². The highest BCUT2D eigenvalue weighted by atomic mass is 16.3. The highest BCUT2D eigenvalue weighted by Gasteiger charge is 2.51. The van der Waals surface area contributed by atoms with E-state index >= 15 is 0 Å². The van der Waals surface area contributed by atoms with Crippen LogP contribution in [0, 0.1) is 18.4 Å². The van der Waals surface area contributed by atoms with Gasteiger partial charge in [0.05, 0.1) is 29.4 Å². The Balaban J connectivity index is 1.60. The molecule has 1 heterocycles. The van der Waals surface area contributed by atoms with E-state index in [4.69, 9.17) is 11.7 Å². The van der Waals surface area contributed by atoms with E-state index in [2.05, 4.69) is 96.2 Å². The van der Waals surface area contributed by atoms with E-state index < -0.39 is 0 Å². The van der Waals surface area contributed by atoms with E-state index in [9.17, 15) is 5.11 Å². The fourth-order valence-corrected chi connectivity index (χ4v) is 6.54. The molecule has 4 heteroatoms. The van der Waals surface area contributed by atoms with Crippen molar-refractivity contribution >= 4 is 0 Å². The third-order valence-electron chi connectivity index (χ3n) is 8.29. The van der Waals surface area contributed by atoms with Crippen LogP contribution in [0.5, 0.6) is 0 Å². The number of allylic oxidation sites excluding steroid dienone is 2. The lowest BCUT2D eigenvalue weighted by molar-refractivity contribution is 0.133. The molecule has 6 rings (SSSR count). The lowest BCUT2D eigenvalue weighted by atomic mass is 9.57. The number of benzene rings is 3. The van der Waals surface area contributed by atoms with Crippen molar-refractivity contribution in [3.8, 4) is 28.1 Å². The molecule has 3 aromatic carbocycles. The molecule has 0 amide bonds. The third-order valence-corrected chi connectivity index (χ3v) is 8.29. The summed E-state index contributed by atoms with van der Waals surface area (Å²) in [7, 11) is 0. The zero-order valence-corrected chi connectivity index (χ0v) is 20.6. The van der Waals surface area contributed by atoms with Crippen LogP contribution < -0.4 is 0 Å². The van der Waals surface area contributed by atoms with Crippen molar-refractivity contribution in [2.75, 3.05) is 0 Å². The minimum Gasteiger partial charge on any atom is -0.523 e. The van der Waals surface area contributed by atoms with Gasteiger partial charge in [0.15, 0.2) is 0 Å². The number of aliphatic hydroxyl groups excluding tert-OH is 1. The number of nitrogens with zero attached hydrogens (tertiary/aromatic N) is 3. The van der Waals surface area contributed by atoms with Crippen LogP contribution >= 0.6 is 0 Å². The first-order chi connectivity index (χ1) is 17.5. The number of hydrogen-bond donors (Lipinski definition) is 1. The zero-order chi connectivity index (χ0) is 24.9. The van der Waals surface area contributed by atoms with Crippen LogP contribution in [0.4, 0.5) is 0 Å². The Hall–Kier alpha value is -4.10. The van der Waals surface area contributed by atoms with E-state index in [-0.39, 0.29) is 23.0 Å². The monoisotopic (exact) mass is 471 g/mol. The van der Waals surface area contributed by atoms with Crippen LogP contribution in [0.2, 0.25) is 0 Å². The second-order valence-corrected chi connectivity index (χ2v) is 10.3. The molecule has 0 unspecified atom stereocenters. The van der Waals surface area contributed by atoms with Gasteiger partial charge >= 0.3 is 0 Å². The summed E-state index contributed by atoms with van der Waals surface area (Å²) in [6.45, 7) is 12.1. The molecule has 0 bridgehead atoms. The standard InChI is InChI=1S/C32H29N3O/c1-21-27-18-17-26-29(23-13-8-5-9-14-23)34-35(31(26)32(27,2)20-28(33-3)30(21)36)25-16-10-15-24(19-25)22-11-6-4-7-12-22/h4-16,19,21,27,36H,17-18,20H2,1-2H3/t21-,27-,32-/m1/s1. The van der Waals surface area contributed by atoms with E-state index in [1.54, 1.807) is 0 Å². The van der Waals surface area contributed by atoms with Crippen LogP contribution in [0.25, 0.3) is 32.9 Å². The molecule has 1 N–H and O–H groups in total. The van der Waals surface area contributed by atoms with E-state index in [1.165, 1.54) is 16.8 Å². The maximum absolute atomic E-state index is 10.8. The molecule has 0 saturated heterocycles. The topological polar surface area (TPSA) is 42.4 Å². The average Bonchev–Trinajstić information content (AvgIpc) is 3.33. The predicted molar refractivity (Wildman–Crippen MR) is 144 cm³/mol. The van der Waals surface area contributed by atoms with Gasteiger partial charge in [0.25, 0.3) is 0 Å². The van der Waals surface area contributed by atoms with Crippen LogP contribution in [-0.4, -0.2) is 14.9 Å². The normalized spacial score (nSPS) is 23.0. The molecule has 0 saturated carbocycles. The van der Waals surface area contributed by atoms with Crippen molar-refractivity contribution in [3.63, 3.8) is 0 Å². The molecule has 0 fully saturated rings. The molecule has 4 aromatic rings. The van der Waals surface area contributed by atoms with Crippen LogP contribution in [-0.2, 0) is 11.8 Å². The number of aromatic nitrogens is 2. The van der Waals surface area contributed by atoms with Crippen molar-refractivity contribution in [1.82, 2.24) is 9.78 Å². The number of fused-ring (bicyclic) bond motifs is 3. The second kappa shape index (κ2) is 8.53. The Labute approximate surface area is 212 Å². The first kappa shape index (κ1) is 22.4. The smallest absolute Gasteiger partial charge is 0.203 e. The Morgan fingerprint density at radius 2 is 1.61 bits per heavy atom. The number of rotatable bonds is 3. The molecule has 36 heavy (non-hydrogen) atoms. The molecule has 178 valence electrons. The van der Waals surface area contributed by atoms with Gasteiger partial charge in [-0.15, -0.1) is 0 Å². The van der Waals surface area contributed by atoms with E-state index in [0.717, 1.165) is 35.3 Å². The molecule has 1 aromatic heterocycles. The van der Waals surface area contributed by atoms with Gasteiger partial charge in [-0.05, 0) is 48.4 Å². The zero-order valence-electron chi connectivity index (χ0n) is 20.6. The Bertz CT molecular complexity index is 1510. The quantitative estimate of drug-likeness (QED) is 0.310. The fourth-order valence-electron chi connectivity index (χ4n) is 6.54. The maximum atomic E-state index is 10.8. The first-order valence-corrected chi connectivity index (χ1v) is 12.6. The highest BCUT2D eigenvalue weighted by molar-refractivity contribution is 5.69. The second-order valence-electron chi connectivity index (χ2n) is 10.3. The van der Waals surface area contributed by atoms with Crippen molar-refractivity contribution in [1.29, 1.82) is 0 Å². The minimum absolute atomic E-state index is 0.0554. The van der Waals surface area contributed by atoms with Crippen LogP contribution in [0.1, 0.15) is 37.9 Å². The van der Waals surface area contributed by atoms with Gasteiger partial charge in [-0.3, -0.25) is 0 Å². The number of aliphatic hydroxyl groups is 1. The molecular weight excluding hydrogens is 442 g/mol. The molecular formula is C32H29N3O. The summed E-state index contributed by atoms with van der Waals surface area (Å²) in [6.07, 6.45) is 2.40. The predicted octanol–water partition coefficient (Wildman–Crippen LogP) is 7.76. The van der Waals surface area contributed by atoms with Gasteiger partial charge in [-0.25, -0.2) is 9.53 Å². The lowest BCUT2D eigenvalue weighted by Gasteiger charge is -2.48. The highest BCUT2D eigenvalue weighted by Crippen LogP contribution is 2.55. The van der Waals surface area contributed by atoms with Crippen molar-refractivity contribution < 1.29 is 5.11 Å². The Morgan fingerprint density at radius 1 is 0.944 bits per heavy atom. The summed E-state index contributed by atoms with van der Waals surface area (Å²) in [4.78, 5) is 3.76. The first-order valence-electron chi connectivity index (χ1n) is 12.6. The summed E-state index contributed by atoms with van der Waals surface area (Å²) in [6, 6.07) is 29.4. The third kappa shape index (κ3) is 3.38. The van der Waals surface area contributed by atoms with Gasteiger partial charge in [0.1, 0.15) is 0 Å². The van der Waals surface area contributed by atoms with Crippen molar-refractivity contribution in [3.05, 3.63) is 119 Å². The molecule has 0 aliphatic heterocycles. The van der Waals surface area contributed by atoms with Gasteiger partial charge in [0.2, 0.25) is 5.70 Å². The SMILES string of the molecule is [C-]#[N+]C1=C(O)[C@H](C)[C@H]2CCc3c(-c4ccccc4)nn(-c4cccc(-c5ccccc5)c4)c3[C@]2(C)C1. The summed E-state index contributed by atoms with van der Waals surface area (Å²) >= 11 is 0. The summed E-state index contributed by atoms with van der Waals surface area (Å²) in [5.74, 6) is 0.461. The molecule has 3 atom stereocenters. The number of hydrogen-bond acceptors (Lipinski definition) is 2. The van der Waals surface area contributed by atoms with Gasteiger partial charge in [-0.2, -0.15) is 5.10 Å². The van der Waals surface area contributed by atoms with Crippen LogP contribution in [0.15, 0.2) is 96.4 Å². The average molecular weight is 472 g/mol. The lowest BCUT2D eigenvalue weighted by Crippen LogP contribution is -2.45. The van der Waals surface area contributed by atoms with E-state index in [0.29, 0.717) is 12.1 Å². The van der Waals surface area contributed by atoms with Gasteiger partial charge in [-0.1, -0.05) is 86.6 Å². The molecule has 4 nitrogen and oxygen atoms in total. The van der Waals surface area contributed by atoms with Crippen molar-refractivity contribution in [2.24, 2.45) is 11.8 Å². The summed E-state index contributed by atoms with van der Waals surface area (Å²) in [5, 5.41) is 16.1.